The van der Waals surface area contributed by atoms with Crippen molar-refractivity contribution in [2.24, 2.45) is 28.3 Å². The molecule has 8 heteroatoms. The van der Waals surface area contributed by atoms with Crippen molar-refractivity contribution in [1.29, 1.82) is 5.26 Å². The standard InChI is InChI=1S/C23H31ClN6O/c1-14(15-2-3-15)29-19-8-9-21(16(12-19)10-11-25)28-13-20(23(27)31)22(26)30-18-6-4-17(24)5-7-18/h4-7,13-16,19,21,28-29H,2-3,8-10,12H2,1H3,(H2,26,30)(H2,27,31)/b20-13+/t14-,16-,19+,21-/m0/s1. The van der Waals surface area contributed by atoms with Gasteiger partial charge >= 0.3 is 0 Å². The Hall–Kier alpha value is -2.56. The topological polar surface area (TPSA) is 129 Å². The summed E-state index contributed by atoms with van der Waals surface area (Å²) in [4.78, 5) is 16.3. The number of amides is 1. The number of nitrogens with two attached hydrogens (primary N) is 2. The van der Waals surface area contributed by atoms with E-state index in [9.17, 15) is 10.1 Å². The van der Waals surface area contributed by atoms with Gasteiger partial charge in [-0.3, -0.25) is 4.79 Å². The van der Waals surface area contributed by atoms with Gasteiger partial charge in [0.1, 0.15) is 5.84 Å². The predicted molar refractivity (Wildman–Crippen MR) is 124 cm³/mol. The number of rotatable bonds is 9. The number of aliphatic imine (C=N–C) groups is 1. The van der Waals surface area contributed by atoms with Crippen LogP contribution >= 0.6 is 11.6 Å². The smallest absolute Gasteiger partial charge is 0.253 e. The van der Waals surface area contributed by atoms with Crippen molar-refractivity contribution in [2.75, 3.05) is 0 Å². The second-order valence-electron chi connectivity index (χ2n) is 8.59. The maximum atomic E-state index is 12.0. The lowest BCUT2D eigenvalue weighted by molar-refractivity contribution is -0.114. The van der Waals surface area contributed by atoms with E-state index < -0.39 is 5.91 Å². The number of carbonyl (C=O) groups excluding carboxylic acids is 1. The third-order valence-corrected chi connectivity index (χ3v) is 6.47. The van der Waals surface area contributed by atoms with Gasteiger partial charge < -0.3 is 22.1 Å². The van der Waals surface area contributed by atoms with Gasteiger partial charge in [-0.05, 0) is 75.1 Å². The summed E-state index contributed by atoms with van der Waals surface area (Å²) in [6, 6.07) is 10.1. The van der Waals surface area contributed by atoms with Gasteiger partial charge in [-0.2, -0.15) is 5.26 Å². The first-order valence-corrected chi connectivity index (χ1v) is 11.2. The number of amidine groups is 1. The van der Waals surface area contributed by atoms with Crippen LogP contribution in [0.25, 0.3) is 0 Å². The molecule has 1 aromatic rings. The lowest BCUT2D eigenvalue weighted by atomic mass is 9.79. The molecule has 0 bridgehead atoms. The van der Waals surface area contributed by atoms with E-state index in [0.29, 0.717) is 29.2 Å². The molecule has 0 radical (unpaired) electrons. The molecule has 6 N–H and O–H groups in total. The number of nitrogens with zero attached hydrogens (tertiary/aromatic N) is 2. The van der Waals surface area contributed by atoms with E-state index in [1.807, 2.05) is 0 Å². The van der Waals surface area contributed by atoms with E-state index in [0.717, 1.165) is 25.2 Å². The molecule has 0 aliphatic heterocycles. The number of hydrogen-bond acceptors (Lipinski definition) is 5. The van der Waals surface area contributed by atoms with E-state index in [1.165, 1.54) is 12.8 Å². The summed E-state index contributed by atoms with van der Waals surface area (Å²) in [5, 5.41) is 16.9. The van der Waals surface area contributed by atoms with Crippen molar-refractivity contribution in [3.63, 3.8) is 0 Å². The zero-order valence-corrected chi connectivity index (χ0v) is 18.6. The Kier molecular flexibility index (Phi) is 7.94. The molecule has 166 valence electrons. The molecule has 0 aromatic heterocycles. The third-order valence-electron chi connectivity index (χ3n) is 6.22. The van der Waals surface area contributed by atoms with Crippen LogP contribution in [-0.4, -0.2) is 29.9 Å². The Morgan fingerprint density at radius 1 is 1.29 bits per heavy atom. The van der Waals surface area contributed by atoms with Gasteiger partial charge in [0.2, 0.25) is 0 Å². The van der Waals surface area contributed by atoms with Gasteiger partial charge in [0.25, 0.3) is 5.91 Å². The molecule has 0 heterocycles. The normalized spacial score (nSPS) is 25.5. The minimum absolute atomic E-state index is 0.0350. The largest absolute Gasteiger partial charge is 0.387 e. The number of benzene rings is 1. The van der Waals surface area contributed by atoms with Gasteiger partial charge in [-0.15, -0.1) is 0 Å². The highest BCUT2D eigenvalue weighted by atomic mass is 35.5. The highest BCUT2D eigenvalue weighted by molar-refractivity contribution is 6.30. The SMILES string of the molecule is C[C@H](N[C@@H]1CC[C@H](N/C=C(/C(N)=O)C(N)=Nc2ccc(Cl)cc2)[C@@H](CC#N)C1)C1CC1. The first-order valence-electron chi connectivity index (χ1n) is 10.9. The summed E-state index contributed by atoms with van der Waals surface area (Å²) in [5.41, 5.74) is 12.3. The molecule has 0 spiro atoms. The van der Waals surface area contributed by atoms with Crippen molar-refractivity contribution in [2.45, 2.75) is 63.6 Å². The molecule has 1 amide bonds. The number of nitriles is 1. The molecule has 2 aliphatic rings. The molecule has 2 saturated carbocycles. The maximum absolute atomic E-state index is 12.0. The fourth-order valence-electron chi connectivity index (χ4n) is 4.26. The van der Waals surface area contributed by atoms with E-state index >= 15 is 0 Å². The van der Waals surface area contributed by atoms with Crippen LogP contribution in [0, 0.1) is 23.2 Å². The number of halogens is 1. The van der Waals surface area contributed by atoms with Gasteiger partial charge in [0, 0.05) is 35.8 Å². The Morgan fingerprint density at radius 3 is 2.61 bits per heavy atom. The van der Waals surface area contributed by atoms with Crippen LogP contribution in [0.2, 0.25) is 5.02 Å². The first kappa shape index (κ1) is 23.1. The van der Waals surface area contributed by atoms with E-state index in [2.05, 4.69) is 28.6 Å². The molecule has 4 atom stereocenters. The molecule has 7 nitrogen and oxygen atoms in total. The summed E-state index contributed by atoms with van der Waals surface area (Å²) in [6.45, 7) is 2.26. The number of hydrogen-bond donors (Lipinski definition) is 4. The monoisotopic (exact) mass is 442 g/mol. The minimum atomic E-state index is -0.659. The zero-order valence-electron chi connectivity index (χ0n) is 17.9. The molecule has 0 unspecified atom stereocenters. The Morgan fingerprint density at radius 2 is 2.00 bits per heavy atom. The van der Waals surface area contributed by atoms with Crippen LogP contribution in [0.5, 0.6) is 0 Å². The molecule has 2 fully saturated rings. The lowest BCUT2D eigenvalue weighted by Gasteiger charge is -2.37. The van der Waals surface area contributed by atoms with E-state index in [1.54, 1.807) is 30.5 Å². The van der Waals surface area contributed by atoms with Crippen molar-refractivity contribution in [3.05, 3.63) is 41.1 Å². The molecule has 0 saturated heterocycles. The average molecular weight is 443 g/mol. The van der Waals surface area contributed by atoms with Crippen molar-refractivity contribution in [3.8, 4) is 6.07 Å². The average Bonchev–Trinajstić information content (AvgIpc) is 3.57. The Bertz CT molecular complexity index is 871. The zero-order chi connectivity index (χ0) is 22.4. The number of carbonyl (C=O) groups is 1. The summed E-state index contributed by atoms with van der Waals surface area (Å²) in [5.74, 6) is 0.359. The predicted octanol–water partition coefficient (Wildman–Crippen LogP) is 3.13. The van der Waals surface area contributed by atoms with Crippen molar-refractivity contribution >= 4 is 29.0 Å². The van der Waals surface area contributed by atoms with Crippen LogP contribution in [0.1, 0.15) is 45.4 Å². The van der Waals surface area contributed by atoms with Gasteiger partial charge in [0.15, 0.2) is 0 Å². The third kappa shape index (κ3) is 6.71. The second-order valence-corrected chi connectivity index (χ2v) is 9.03. The summed E-state index contributed by atoms with van der Waals surface area (Å²) in [7, 11) is 0. The lowest BCUT2D eigenvalue weighted by Crippen LogP contribution is -2.47. The molecular weight excluding hydrogens is 412 g/mol. The van der Waals surface area contributed by atoms with E-state index in [4.69, 9.17) is 23.1 Å². The van der Waals surface area contributed by atoms with Crippen LogP contribution in [0.15, 0.2) is 41.0 Å². The number of nitrogens with one attached hydrogen (secondary N) is 2. The maximum Gasteiger partial charge on any atom is 0.253 e. The molecule has 3 rings (SSSR count). The fraction of sp³-hybridized carbons (Fsp3) is 0.522. The first-order chi connectivity index (χ1) is 14.9. The van der Waals surface area contributed by atoms with Crippen molar-refractivity contribution < 1.29 is 4.79 Å². The number of primary amides is 1. The van der Waals surface area contributed by atoms with Gasteiger partial charge in [-0.25, -0.2) is 4.99 Å². The van der Waals surface area contributed by atoms with Crippen molar-refractivity contribution in [1.82, 2.24) is 10.6 Å². The molecule has 2 aliphatic carbocycles. The molecular formula is C23H31ClN6O. The second kappa shape index (κ2) is 10.7. The van der Waals surface area contributed by atoms with Crippen LogP contribution in [0.4, 0.5) is 5.69 Å². The van der Waals surface area contributed by atoms with Gasteiger partial charge in [-0.1, -0.05) is 11.6 Å². The Balaban J connectivity index is 1.66. The highest BCUT2D eigenvalue weighted by Crippen LogP contribution is 2.34. The fourth-order valence-corrected chi connectivity index (χ4v) is 4.38. The van der Waals surface area contributed by atoms with Crippen LogP contribution in [0.3, 0.4) is 0 Å². The molecule has 31 heavy (non-hydrogen) atoms. The van der Waals surface area contributed by atoms with Gasteiger partial charge in [0.05, 0.1) is 17.3 Å². The van der Waals surface area contributed by atoms with Crippen LogP contribution < -0.4 is 22.1 Å². The van der Waals surface area contributed by atoms with E-state index in [-0.39, 0.29) is 23.4 Å². The Labute approximate surface area is 188 Å². The quantitative estimate of drug-likeness (QED) is 0.265. The highest BCUT2D eigenvalue weighted by Gasteiger charge is 2.34. The minimum Gasteiger partial charge on any atom is -0.387 e. The summed E-state index contributed by atoms with van der Waals surface area (Å²) >= 11 is 5.89. The molecule has 1 aromatic carbocycles. The summed E-state index contributed by atoms with van der Waals surface area (Å²) in [6.07, 6.45) is 7.48. The summed E-state index contributed by atoms with van der Waals surface area (Å²) < 4.78 is 0. The van der Waals surface area contributed by atoms with Crippen LogP contribution in [-0.2, 0) is 4.79 Å².